The van der Waals surface area contributed by atoms with E-state index in [4.69, 9.17) is 4.74 Å². The van der Waals surface area contributed by atoms with Crippen LogP contribution in [0.5, 0.6) is 0 Å². The van der Waals surface area contributed by atoms with Gasteiger partial charge in [-0.05, 0) is 32.6 Å². The van der Waals surface area contributed by atoms with Crippen LogP contribution in [0, 0.1) is 0 Å². The lowest BCUT2D eigenvalue weighted by atomic mass is 9.95. The number of aromatic nitrogens is 2. The number of nitrogens with zero attached hydrogens (tertiary/aromatic N) is 1. The Morgan fingerprint density at radius 2 is 2.05 bits per heavy atom. The maximum absolute atomic E-state index is 12.2. The Bertz CT molecular complexity index is 492. The SMILES string of the molecule is CCOC(CC)(CC)c1nc2c(c(=O)[nH]1)CCCN2. The summed E-state index contributed by atoms with van der Waals surface area (Å²) in [5.74, 6) is 1.38. The van der Waals surface area contributed by atoms with Crippen LogP contribution in [0.3, 0.4) is 0 Å². The van der Waals surface area contributed by atoms with Gasteiger partial charge >= 0.3 is 0 Å². The van der Waals surface area contributed by atoms with Gasteiger partial charge in [-0.2, -0.15) is 0 Å². The standard InChI is InChI=1S/C14H23N3O2/c1-4-14(5-2,19-6-3)13-16-11-10(12(18)17-13)8-7-9-15-11/h4-9H2,1-3H3,(H2,15,16,17,18). The van der Waals surface area contributed by atoms with Crippen LogP contribution in [-0.4, -0.2) is 23.1 Å². The monoisotopic (exact) mass is 265 g/mol. The van der Waals surface area contributed by atoms with Gasteiger partial charge in [-0.25, -0.2) is 4.98 Å². The molecule has 0 saturated heterocycles. The van der Waals surface area contributed by atoms with Crippen molar-refractivity contribution in [2.75, 3.05) is 18.5 Å². The van der Waals surface area contributed by atoms with Gasteiger partial charge in [0, 0.05) is 13.2 Å². The molecule has 106 valence electrons. The van der Waals surface area contributed by atoms with Crippen LogP contribution in [0.4, 0.5) is 5.82 Å². The molecule has 0 atom stereocenters. The van der Waals surface area contributed by atoms with Crippen molar-refractivity contribution in [3.05, 3.63) is 21.7 Å². The second-order valence-electron chi connectivity index (χ2n) is 4.91. The van der Waals surface area contributed by atoms with E-state index >= 15 is 0 Å². The predicted octanol–water partition coefficient (Wildman–Crippen LogP) is 2.18. The minimum atomic E-state index is -0.484. The lowest BCUT2D eigenvalue weighted by Crippen LogP contribution is -2.35. The molecule has 0 aromatic carbocycles. The van der Waals surface area contributed by atoms with E-state index in [9.17, 15) is 4.79 Å². The van der Waals surface area contributed by atoms with Crippen LogP contribution in [0.1, 0.15) is 51.4 Å². The third-order valence-electron chi connectivity index (χ3n) is 3.91. The quantitative estimate of drug-likeness (QED) is 0.856. The summed E-state index contributed by atoms with van der Waals surface area (Å²) in [7, 11) is 0. The first kappa shape index (κ1) is 14.1. The summed E-state index contributed by atoms with van der Waals surface area (Å²) in [4.78, 5) is 19.7. The average molecular weight is 265 g/mol. The number of rotatable bonds is 5. The number of hydrogen-bond acceptors (Lipinski definition) is 4. The van der Waals surface area contributed by atoms with Crippen molar-refractivity contribution in [1.82, 2.24) is 9.97 Å². The summed E-state index contributed by atoms with van der Waals surface area (Å²) in [6.45, 7) is 7.57. The van der Waals surface area contributed by atoms with Crippen molar-refractivity contribution in [1.29, 1.82) is 0 Å². The van der Waals surface area contributed by atoms with Crippen molar-refractivity contribution in [3.8, 4) is 0 Å². The summed E-state index contributed by atoms with van der Waals surface area (Å²) in [5, 5.41) is 3.22. The number of fused-ring (bicyclic) bond motifs is 1. The normalized spacial score (nSPS) is 14.9. The molecule has 0 bridgehead atoms. The zero-order valence-electron chi connectivity index (χ0n) is 12.0. The number of aromatic amines is 1. The van der Waals surface area contributed by atoms with Crippen molar-refractivity contribution in [2.45, 2.75) is 52.1 Å². The number of nitrogens with one attached hydrogen (secondary N) is 2. The molecule has 5 nitrogen and oxygen atoms in total. The van der Waals surface area contributed by atoms with Gasteiger partial charge in [0.1, 0.15) is 17.2 Å². The zero-order chi connectivity index (χ0) is 13.9. The topological polar surface area (TPSA) is 67.0 Å². The van der Waals surface area contributed by atoms with Crippen LogP contribution < -0.4 is 10.9 Å². The molecule has 0 unspecified atom stereocenters. The summed E-state index contributed by atoms with van der Waals surface area (Å²) < 4.78 is 5.90. The minimum Gasteiger partial charge on any atom is -0.370 e. The largest absolute Gasteiger partial charge is 0.370 e. The number of anilines is 1. The smallest absolute Gasteiger partial charge is 0.256 e. The van der Waals surface area contributed by atoms with E-state index in [1.165, 1.54) is 0 Å². The summed E-state index contributed by atoms with van der Waals surface area (Å²) in [6.07, 6.45) is 3.36. The van der Waals surface area contributed by atoms with Crippen molar-refractivity contribution in [3.63, 3.8) is 0 Å². The van der Waals surface area contributed by atoms with Crippen LogP contribution >= 0.6 is 0 Å². The zero-order valence-corrected chi connectivity index (χ0v) is 12.0. The average Bonchev–Trinajstić information content (AvgIpc) is 2.45. The van der Waals surface area contributed by atoms with Crippen molar-refractivity contribution >= 4 is 5.82 Å². The summed E-state index contributed by atoms with van der Waals surface area (Å²) in [6, 6.07) is 0. The van der Waals surface area contributed by atoms with E-state index in [0.29, 0.717) is 12.4 Å². The highest BCUT2D eigenvalue weighted by atomic mass is 16.5. The molecule has 5 heteroatoms. The van der Waals surface area contributed by atoms with E-state index in [2.05, 4.69) is 29.1 Å². The van der Waals surface area contributed by atoms with Gasteiger partial charge in [0.2, 0.25) is 0 Å². The molecule has 2 heterocycles. The molecule has 0 spiro atoms. The number of ether oxygens (including phenoxy) is 1. The summed E-state index contributed by atoms with van der Waals surface area (Å²) in [5.41, 5.74) is 0.257. The molecule has 2 rings (SSSR count). The number of hydrogen-bond donors (Lipinski definition) is 2. The third kappa shape index (κ3) is 2.52. The molecule has 0 saturated carbocycles. The molecule has 0 amide bonds. The lowest BCUT2D eigenvalue weighted by Gasteiger charge is -2.31. The Kier molecular flexibility index (Phi) is 4.24. The van der Waals surface area contributed by atoms with E-state index in [0.717, 1.165) is 43.6 Å². The Hall–Kier alpha value is -1.36. The molecule has 19 heavy (non-hydrogen) atoms. The maximum Gasteiger partial charge on any atom is 0.256 e. The van der Waals surface area contributed by atoms with Crippen LogP contribution in [0.15, 0.2) is 4.79 Å². The lowest BCUT2D eigenvalue weighted by molar-refractivity contribution is -0.0572. The molecule has 1 aromatic rings. The molecule has 0 fully saturated rings. The first-order chi connectivity index (χ1) is 9.16. The highest BCUT2D eigenvalue weighted by Crippen LogP contribution is 2.31. The fourth-order valence-electron chi connectivity index (χ4n) is 2.70. The molecular weight excluding hydrogens is 242 g/mol. The van der Waals surface area contributed by atoms with Crippen molar-refractivity contribution < 1.29 is 4.74 Å². The van der Waals surface area contributed by atoms with Crippen molar-refractivity contribution in [2.24, 2.45) is 0 Å². The van der Waals surface area contributed by atoms with Gasteiger partial charge in [0.15, 0.2) is 0 Å². The Labute approximate surface area is 113 Å². The van der Waals surface area contributed by atoms with E-state index in [1.54, 1.807) is 0 Å². The molecule has 1 aliphatic heterocycles. The first-order valence-corrected chi connectivity index (χ1v) is 7.18. The predicted molar refractivity (Wildman–Crippen MR) is 75.6 cm³/mol. The van der Waals surface area contributed by atoms with E-state index in [-0.39, 0.29) is 5.56 Å². The highest BCUT2D eigenvalue weighted by molar-refractivity contribution is 5.45. The van der Waals surface area contributed by atoms with E-state index < -0.39 is 5.60 Å². The Morgan fingerprint density at radius 3 is 2.68 bits per heavy atom. The van der Waals surface area contributed by atoms with Gasteiger partial charge < -0.3 is 15.0 Å². The fourth-order valence-corrected chi connectivity index (χ4v) is 2.70. The second kappa shape index (κ2) is 5.74. The molecule has 0 aliphatic carbocycles. The van der Waals surface area contributed by atoms with Gasteiger partial charge in [-0.15, -0.1) is 0 Å². The molecule has 2 N–H and O–H groups in total. The first-order valence-electron chi connectivity index (χ1n) is 7.18. The van der Waals surface area contributed by atoms with Crippen LogP contribution in [0.25, 0.3) is 0 Å². The molecule has 1 aromatic heterocycles. The van der Waals surface area contributed by atoms with Crippen LogP contribution in [0.2, 0.25) is 0 Å². The highest BCUT2D eigenvalue weighted by Gasteiger charge is 2.33. The fraction of sp³-hybridized carbons (Fsp3) is 0.714. The number of H-pyrrole nitrogens is 1. The summed E-state index contributed by atoms with van der Waals surface area (Å²) >= 11 is 0. The Balaban J connectivity index is 2.49. The Morgan fingerprint density at radius 1 is 1.32 bits per heavy atom. The third-order valence-corrected chi connectivity index (χ3v) is 3.91. The maximum atomic E-state index is 12.2. The minimum absolute atomic E-state index is 0.0295. The molecule has 1 aliphatic rings. The van der Waals surface area contributed by atoms with Gasteiger partial charge in [0.25, 0.3) is 5.56 Å². The van der Waals surface area contributed by atoms with E-state index in [1.807, 2.05) is 6.92 Å². The molecular formula is C14H23N3O2. The second-order valence-corrected chi connectivity index (χ2v) is 4.91. The molecule has 0 radical (unpaired) electrons. The van der Waals surface area contributed by atoms with Crippen LogP contribution in [-0.2, 0) is 16.8 Å². The van der Waals surface area contributed by atoms with Gasteiger partial charge in [-0.3, -0.25) is 4.79 Å². The van der Waals surface area contributed by atoms with Gasteiger partial charge in [-0.1, -0.05) is 13.8 Å². The van der Waals surface area contributed by atoms with Gasteiger partial charge in [0.05, 0.1) is 5.56 Å².